The van der Waals surface area contributed by atoms with Crippen LogP contribution in [0.5, 0.6) is 11.5 Å². The van der Waals surface area contributed by atoms with Gasteiger partial charge in [0, 0.05) is 10.4 Å². The lowest BCUT2D eigenvalue weighted by Gasteiger charge is -2.21. The Morgan fingerprint density at radius 2 is 2.00 bits per heavy atom. The first-order valence-electron chi connectivity index (χ1n) is 6.30. The zero-order valence-electron chi connectivity index (χ0n) is 11.0. The molecule has 0 amide bonds. The first-order valence-corrected chi connectivity index (χ1v) is 7.18. The van der Waals surface area contributed by atoms with Crippen LogP contribution < -0.4 is 10.5 Å². The number of nitrogens with two attached hydrogens (primary N) is 1. The maximum Gasteiger partial charge on any atom is 0.141 e. The van der Waals surface area contributed by atoms with Crippen molar-refractivity contribution >= 4 is 11.3 Å². The van der Waals surface area contributed by atoms with Crippen LogP contribution in [0.4, 0.5) is 0 Å². The highest BCUT2D eigenvalue weighted by atomic mass is 32.1. The van der Waals surface area contributed by atoms with Gasteiger partial charge >= 0.3 is 0 Å². The third-order valence-electron chi connectivity index (χ3n) is 2.96. The molecule has 0 fully saturated rings. The molecular weight excluding hydrogens is 258 g/mol. The van der Waals surface area contributed by atoms with E-state index in [0.29, 0.717) is 0 Å². The number of rotatable bonds is 6. The Bertz CT molecular complexity index is 508. The van der Waals surface area contributed by atoms with E-state index in [-0.39, 0.29) is 6.61 Å². The van der Waals surface area contributed by atoms with E-state index in [4.69, 9.17) is 10.5 Å². The van der Waals surface area contributed by atoms with Crippen molar-refractivity contribution in [2.45, 2.75) is 25.3 Å². The summed E-state index contributed by atoms with van der Waals surface area (Å²) in [5.74, 6) is 1.71. The summed E-state index contributed by atoms with van der Waals surface area (Å²) in [6.07, 6.45) is 1.54. The molecule has 1 heterocycles. The van der Waals surface area contributed by atoms with Gasteiger partial charge in [-0.2, -0.15) is 0 Å². The molecule has 102 valence electrons. The Morgan fingerprint density at radius 1 is 1.26 bits per heavy atom. The summed E-state index contributed by atoms with van der Waals surface area (Å²) in [5, 5.41) is 11.2. The average Bonchev–Trinajstić information content (AvgIpc) is 2.85. The van der Waals surface area contributed by atoms with Crippen molar-refractivity contribution in [3.05, 3.63) is 46.7 Å². The summed E-state index contributed by atoms with van der Waals surface area (Å²) in [6, 6.07) is 11.7. The molecule has 0 aliphatic heterocycles. The van der Waals surface area contributed by atoms with E-state index >= 15 is 0 Å². The predicted molar refractivity (Wildman–Crippen MR) is 78.8 cm³/mol. The van der Waals surface area contributed by atoms with Crippen LogP contribution in [-0.4, -0.2) is 17.3 Å². The largest absolute Gasteiger partial charge is 0.456 e. The summed E-state index contributed by atoms with van der Waals surface area (Å²) >= 11 is 1.66. The Hall–Kier alpha value is -1.36. The molecule has 0 aliphatic carbocycles. The minimum atomic E-state index is -0.534. The fraction of sp³-hybridized carbons (Fsp3) is 0.333. The number of para-hydroxylation sites is 1. The molecule has 3 nitrogen and oxygen atoms in total. The van der Waals surface area contributed by atoms with E-state index in [1.165, 1.54) is 0 Å². The van der Waals surface area contributed by atoms with Gasteiger partial charge in [-0.25, -0.2) is 0 Å². The summed E-state index contributed by atoms with van der Waals surface area (Å²) < 4.78 is 5.86. The van der Waals surface area contributed by atoms with Gasteiger partial charge in [0.25, 0.3) is 0 Å². The second-order valence-corrected chi connectivity index (χ2v) is 5.94. The van der Waals surface area contributed by atoms with Gasteiger partial charge in [-0.3, -0.25) is 0 Å². The Balaban J connectivity index is 2.02. The van der Waals surface area contributed by atoms with Crippen molar-refractivity contribution in [3.8, 4) is 11.5 Å². The van der Waals surface area contributed by atoms with Gasteiger partial charge in [0.1, 0.15) is 11.5 Å². The quantitative estimate of drug-likeness (QED) is 0.852. The van der Waals surface area contributed by atoms with Gasteiger partial charge < -0.3 is 15.6 Å². The minimum absolute atomic E-state index is 0.00670. The van der Waals surface area contributed by atoms with E-state index in [1.54, 1.807) is 11.3 Å². The molecule has 0 spiro atoms. The van der Waals surface area contributed by atoms with Crippen molar-refractivity contribution in [2.75, 3.05) is 6.61 Å². The Morgan fingerprint density at radius 3 is 2.68 bits per heavy atom. The topological polar surface area (TPSA) is 55.5 Å². The lowest BCUT2D eigenvalue weighted by Crippen LogP contribution is -2.40. The Labute approximate surface area is 117 Å². The van der Waals surface area contributed by atoms with Gasteiger partial charge in [0.05, 0.1) is 6.61 Å². The molecule has 1 atom stereocenters. The summed E-state index contributed by atoms with van der Waals surface area (Å²) in [6.45, 7) is 1.85. The molecule has 4 heteroatoms. The number of hydrogen-bond donors (Lipinski definition) is 2. The number of aliphatic hydroxyl groups excluding tert-OH is 1. The number of ether oxygens (including phenoxy) is 1. The second kappa shape index (κ2) is 6.19. The van der Waals surface area contributed by atoms with Crippen molar-refractivity contribution in [1.29, 1.82) is 0 Å². The van der Waals surface area contributed by atoms with Gasteiger partial charge in [-0.05, 0) is 43.3 Å². The normalized spacial score (nSPS) is 14.1. The fourth-order valence-corrected chi connectivity index (χ4v) is 2.50. The second-order valence-electron chi connectivity index (χ2n) is 4.94. The molecule has 3 N–H and O–H groups in total. The molecular formula is C15H19NO2S. The van der Waals surface area contributed by atoms with Crippen molar-refractivity contribution in [3.63, 3.8) is 0 Å². The fourth-order valence-electron chi connectivity index (χ4n) is 1.70. The van der Waals surface area contributed by atoms with Crippen LogP contribution in [0, 0.1) is 0 Å². The molecule has 1 aromatic carbocycles. The smallest absolute Gasteiger partial charge is 0.141 e. The van der Waals surface area contributed by atoms with Crippen LogP contribution in [0.1, 0.15) is 18.2 Å². The molecule has 0 saturated carbocycles. The van der Waals surface area contributed by atoms with Crippen LogP contribution in [-0.2, 0) is 6.42 Å². The van der Waals surface area contributed by atoms with Gasteiger partial charge in [0.15, 0.2) is 0 Å². The molecule has 19 heavy (non-hydrogen) atoms. The summed E-state index contributed by atoms with van der Waals surface area (Å²) in [4.78, 5) is 1.16. The van der Waals surface area contributed by atoms with Crippen molar-refractivity contribution < 1.29 is 9.84 Å². The van der Waals surface area contributed by atoms with Crippen molar-refractivity contribution in [1.82, 2.24) is 0 Å². The lowest BCUT2D eigenvalue weighted by atomic mass is 9.98. The molecule has 2 rings (SSSR count). The average molecular weight is 277 g/mol. The molecule has 0 unspecified atom stereocenters. The zero-order valence-corrected chi connectivity index (χ0v) is 11.8. The van der Waals surface area contributed by atoms with Crippen molar-refractivity contribution in [2.24, 2.45) is 5.73 Å². The van der Waals surface area contributed by atoms with Crippen LogP contribution in [0.15, 0.2) is 41.8 Å². The van der Waals surface area contributed by atoms with E-state index in [9.17, 15) is 5.11 Å². The van der Waals surface area contributed by atoms with E-state index < -0.39 is 5.54 Å². The van der Waals surface area contributed by atoms with Crippen LogP contribution >= 0.6 is 11.3 Å². The third-order valence-corrected chi connectivity index (χ3v) is 3.92. The number of hydrogen-bond acceptors (Lipinski definition) is 4. The standard InChI is InChI=1S/C15H19NO2S/c1-15(16,11-17)9-7-14-13(8-10-19-14)18-12-5-3-2-4-6-12/h2-6,8,10,17H,7,9,11,16H2,1H3/t15-/m1/s1. The zero-order chi connectivity index (χ0) is 13.7. The molecule has 0 saturated heterocycles. The molecule has 2 aromatic rings. The number of aryl methyl sites for hydroxylation is 1. The summed E-state index contributed by atoms with van der Waals surface area (Å²) in [7, 11) is 0. The molecule has 0 aliphatic rings. The SMILES string of the molecule is C[C@](N)(CO)CCc1sccc1Oc1ccccc1. The van der Waals surface area contributed by atoms with Gasteiger partial charge in [-0.1, -0.05) is 18.2 Å². The van der Waals surface area contributed by atoms with Gasteiger partial charge in [-0.15, -0.1) is 11.3 Å². The first-order chi connectivity index (χ1) is 9.11. The van der Waals surface area contributed by atoms with E-state index in [0.717, 1.165) is 29.2 Å². The highest BCUT2D eigenvalue weighted by Crippen LogP contribution is 2.31. The highest BCUT2D eigenvalue weighted by molar-refractivity contribution is 7.10. The maximum atomic E-state index is 9.17. The molecule has 1 aromatic heterocycles. The third kappa shape index (κ3) is 4.06. The number of aliphatic hydroxyl groups is 1. The lowest BCUT2D eigenvalue weighted by molar-refractivity contribution is 0.201. The van der Waals surface area contributed by atoms with E-state index in [1.807, 2.05) is 48.7 Å². The molecule has 0 bridgehead atoms. The van der Waals surface area contributed by atoms with E-state index in [2.05, 4.69) is 0 Å². The summed E-state index contributed by atoms with van der Waals surface area (Å²) in [5.41, 5.74) is 5.42. The monoisotopic (exact) mass is 277 g/mol. The van der Waals surface area contributed by atoms with Crippen LogP contribution in [0.25, 0.3) is 0 Å². The highest BCUT2D eigenvalue weighted by Gasteiger charge is 2.18. The predicted octanol–water partition coefficient (Wildman–Crippen LogP) is 3.18. The Kier molecular flexibility index (Phi) is 4.58. The first kappa shape index (κ1) is 14.1. The maximum absolute atomic E-state index is 9.17. The minimum Gasteiger partial charge on any atom is -0.456 e. The van der Waals surface area contributed by atoms with Gasteiger partial charge in [0.2, 0.25) is 0 Å². The van der Waals surface area contributed by atoms with Crippen LogP contribution in [0.2, 0.25) is 0 Å². The number of thiophene rings is 1. The molecule has 0 radical (unpaired) electrons. The number of benzene rings is 1. The van der Waals surface area contributed by atoms with Crippen LogP contribution in [0.3, 0.4) is 0 Å².